The molecule has 1 fully saturated rings. The van der Waals surface area contributed by atoms with Crippen molar-refractivity contribution in [2.24, 2.45) is 11.7 Å². The monoisotopic (exact) mass is 225 g/mol. The van der Waals surface area contributed by atoms with Gasteiger partial charge in [-0.15, -0.1) is 0 Å². The highest BCUT2D eigenvalue weighted by molar-refractivity contribution is 5.33. The Hall–Kier alpha value is -0.960. The first-order valence-electron chi connectivity index (χ1n) is 5.64. The molecule has 0 unspecified atom stereocenters. The molecule has 1 aromatic rings. The van der Waals surface area contributed by atoms with E-state index in [0.717, 1.165) is 18.4 Å². The molecule has 0 amide bonds. The summed E-state index contributed by atoms with van der Waals surface area (Å²) < 4.78 is 27.4. The second-order valence-electron chi connectivity index (χ2n) is 5.01. The van der Waals surface area contributed by atoms with Crippen LogP contribution in [0.25, 0.3) is 0 Å². The van der Waals surface area contributed by atoms with Crippen molar-refractivity contribution in [1.82, 2.24) is 0 Å². The van der Waals surface area contributed by atoms with Crippen LogP contribution in [-0.2, 0) is 11.5 Å². The first kappa shape index (κ1) is 11.5. The van der Waals surface area contributed by atoms with Crippen LogP contribution in [0.5, 0.6) is 0 Å². The van der Waals surface area contributed by atoms with Gasteiger partial charge in [0, 0.05) is 17.0 Å². The Morgan fingerprint density at radius 3 is 2.06 bits per heavy atom. The minimum absolute atomic E-state index is 0.0792. The van der Waals surface area contributed by atoms with Crippen molar-refractivity contribution < 1.29 is 8.78 Å². The van der Waals surface area contributed by atoms with Gasteiger partial charge in [0.2, 0.25) is 0 Å². The third-order valence-corrected chi connectivity index (χ3v) is 3.36. The molecule has 1 aromatic carbocycles. The summed E-state index contributed by atoms with van der Waals surface area (Å²) in [6, 6.07) is 6.47. The molecule has 0 bridgehead atoms. The summed E-state index contributed by atoms with van der Waals surface area (Å²) in [6.45, 7) is 3.05. The van der Waals surface area contributed by atoms with E-state index in [1.54, 1.807) is 12.1 Å². The van der Waals surface area contributed by atoms with E-state index in [9.17, 15) is 8.78 Å². The summed E-state index contributed by atoms with van der Waals surface area (Å²) in [5, 5.41) is 0. The van der Waals surface area contributed by atoms with E-state index in [1.165, 1.54) is 26.0 Å². The van der Waals surface area contributed by atoms with Gasteiger partial charge in [-0.25, -0.2) is 8.78 Å². The van der Waals surface area contributed by atoms with Crippen LogP contribution < -0.4 is 5.73 Å². The van der Waals surface area contributed by atoms with Gasteiger partial charge in [0.1, 0.15) is 0 Å². The molecule has 0 atom stereocenters. The first-order chi connectivity index (χ1) is 7.36. The molecule has 88 valence electrons. The maximum absolute atomic E-state index is 13.7. The lowest BCUT2D eigenvalue weighted by atomic mass is 9.95. The molecule has 1 saturated carbocycles. The SMILES string of the molecule is CC(C)C(F)(F)c1ccc(C2(N)CC2)cc1. The summed E-state index contributed by atoms with van der Waals surface area (Å²) in [5.74, 6) is -3.45. The van der Waals surface area contributed by atoms with E-state index in [0.29, 0.717) is 0 Å². The molecule has 1 nitrogen and oxygen atoms in total. The van der Waals surface area contributed by atoms with Gasteiger partial charge in [-0.2, -0.15) is 0 Å². The minimum atomic E-state index is -2.76. The van der Waals surface area contributed by atoms with Crippen molar-refractivity contribution in [3.8, 4) is 0 Å². The highest BCUT2D eigenvalue weighted by atomic mass is 19.3. The highest BCUT2D eigenvalue weighted by Crippen LogP contribution is 2.43. The fourth-order valence-corrected chi connectivity index (χ4v) is 1.78. The van der Waals surface area contributed by atoms with Gasteiger partial charge in [0.05, 0.1) is 0 Å². The number of hydrogen-bond donors (Lipinski definition) is 1. The predicted octanol–water partition coefficient (Wildman–Crippen LogP) is 3.38. The Morgan fingerprint density at radius 2 is 1.69 bits per heavy atom. The molecule has 3 heteroatoms. The zero-order chi connectivity index (χ0) is 12.0. The highest BCUT2D eigenvalue weighted by Gasteiger charge is 2.41. The van der Waals surface area contributed by atoms with Crippen molar-refractivity contribution in [2.45, 2.75) is 38.2 Å². The van der Waals surface area contributed by atoms with Crippen LogP contribution in [0.15, 0.2) is 24.3 Å². The lowest BCUT2D eigenvalue weighted by Crippen LogP contribution is -2.22. The molecule has 0 aliphatic heterocycles. The van der Waals surface area contributed by atoms with Crippen LogP contribution in [0.1, 0.15) is 37.8 Å². The third-order valence-electron chi connectivity index (χ3n) is 3.36. The van der Waals surface area contributed by atoms with Gasteiger partial charge in [0.25, 0.3) is 5.92 Å². The third kappa shape index (κ3) is 1.84. The lowest BCUT2D eigenvalue weighted by molar-refractivity contribution is -0.0514. The van der Waals surface area contributed by atoms with Crippen molar-refractivity contribution in [1.29, 1.82) is 0 Å². The van der Waals surface area contributed by atoms with E-state index in [2.05, 4.69) is 0 Å². The number of nitrogens with two attached hydrogens (primary N) is 1. The maximum atomic E-state index is 13.7. The Morgan fingerprint density at radius 1 is 1.19 bits per heavy atom. The van der Waals surface area contributed by atoms with Crippen LogP contribution >= 0.6 is 0 Å². The molecule has 2 rings (SSSR count). The molecule has 1 aliphatic carbocycles. The number of alkyl halides is 2. The summed E-state index contributed by atoms with van der Waals surface area (Å²) >= 11 is 0. The van der Waals surface area contributed by atoms with Gasteiger partial charge < -0.3 is 5.73 Å². The fourth-order valence-electron chi connectivity index (χ4n) is 1.78. The fraction of sp³-hybridized carbons (Fsp3) is 0.538. The van der Waals surface area contributed by atoms with Crippen molar-refractivity contribution in [3.05, 3.63) is 35.4 Å². The van der Waals surface area contributed by atoms with Crippen molar-refractivity contribution >= 4 is 0 Å². The van der Waals surface area contributed by atoms with Crippen LogP contribution in [0, 0.1) is 5.92 Å². The number of rotatable bonds is 3. The maximum Gasteiger partial charge on any atom is 0.275 e. The summed E-state index contributed by atoms with van der Waals surface area (Å²) in [4.78, 5) is 0. The smallest absolute Gasteiger partial charge is 0.275 e. The largest absolute Gasteiger partial charge is 0.321 e. The molecule has 0 aromatic heterocycles. The quantitative estimate of drug-likeness (QED) is 0.838. The normalized spacial score (nSPS) is 18.9. The average Bonchev–Trinajstić information content (AvgIpc) is 2.98. The predicted molar refractivity (Wildman–Crippen MR) is 60.3 cm³/mol. The van der Waals surface area contributed by atoms with Crippen LogP contribution in [0.2, 0.25) is 0 Å². The van der Waals surface area contributed by atoms with E-state index in [-0.39, 0.29) is 11.1 Å². The van der Waals surface area contributed by atoms with Gasteiger partial charge in [-0.3, -0.25) is 0 Å². The first-order valence-corrected chi connectivity index (χ1v) is 5.64. The Kier molecular flexibility index (Phi) is 2.54. The molecule has 2 N–H and O–H groups in total. The number of hydrogen-bond acceptors (Lipinski definition) is 1. The minimum Gasteiger partial charge on any atom is -0.321 e. The summed E-state index contributed by atoms with van der Waals surface area (Å²) in [5.41, 5.74) is 6.80. The van der Waals surface area contributed by atoms with E-state index >= 15 is 0 Å². The van der Waals surface area contributed by atoms with Crippen LogP contribution in [-0.4, -0.2) is 0 Å². The van der Waals surface area contributed by atoms with Gasteiger partial charge in [-0.05, 0) is 18.4 Å². The zero-order valence-corrected chi connectivity index (χ0v) is 9.63. The molecule has 0 radical (unpaired) electrons. The standard InChI is InChI=1S/C13H17F2N/c1-9(2)13(14,15)11-5-3-10(4-6-11)12(16)7-8-12/h3-6,9H,7-8,16H2,1-2H3. The molecule has 0 spiro atoms. The van der Waals surface area contributed by atoms with Crippen LogP contribution in [0.4, 0.5) is 8.78 Å². The number of benzene rings is 1. The molecule has 0 heterocycles. The van der Waals surface area contributed by atoms with Gasteiger partial charge in [0.15, 0.2) is 0 Å². The van der Waals surface area contributed by atoms with E-state index in [4.69, 9.17) is 5.73 Å². The van der Waals surface area contributed by atoms with Crippen molar-refractivity contribution in [2.75, 3.05) is 0 Å². The van der Waals surface area contributed by atoms with Gasteiger partial charge in [-0.1, -0.05) is 38.1 Å². The second kappa shape index (κ2) is 3.52. The number of halogens is 2. The van der Waals surface area contributed by atoms with Crippen LogP contribution in [0.3, 0.4) is 0 Å². The molecule has 0 saturated heterocycles. The van der Waals surface area contributed by atoms with E-state index < -0.39 is 11.8 Å². The average molecular weight is 225 g/mol. The topological polar surface area (TPSA) is 26.0 Å². The Bertz CT molecular complexity index is 377. The second-order valence-corrected chi connectivity index (χ2v) is 5.01. The molecular weight excluding hydrogens is 208 g/mol. The Balaban J connectivity index is 2.26. The molecule has 1 aliphatic rings. The molecular formula is C13H17F2N. The van der Waals surface area contributed by atoms with Gasteiger partial charge >= 0.3 is 0 Å². The van der Waals surface area contributed by atoms with E-state index in [1.807, 2.05) is 0 Å². The summed E-state index contributed by atoms with van der Waals surface area (Å²) in [7, 11) is 0. The Labute approximate surface area is 94.7 Å². The summed E-state index contributed by atoms with van der Waals surface area (Å²) in [6.07, 6.45) is 1.90. The van der Waals surface area contributed by atoms with Crippen molar-refractivity contribution in [3.63, 3.8) is 0 Å². The molecule has 16 heavy (non-hydrogen) atoms. The zero-order valence-electron chi connectivity index (χ0n) is 9.63. The lowest BCUT2D eigenvalue weighted by Gasteiger charge is -2.21.